The zero-order valence-electron chi connectivity index (χ0n) is 16.0. The maximum atomic E-state index is 13.7. The van der Waals surface area contributed by atoms with Crippen molar-refractivity contribution >= 4 is 17.8 Å². The van der Waals surface area contributed by atoms with E-state index in [-0.39, 0.29) is 24.9 Å². The highest BCUT2D eigenvalue weighted by molar-refractivity contribution is 5.91. The lowest BCUT2D eigenvalue weighted by molar-refractivity contribution is -0.120. The number of nitrogens with one attached hydrogen (secondary N) is 1. The summed E-state index contributed by atoms with van der Waals surface area (Å²) < 4.78 is 19.4. The second kappa shape index (κ2) is 10.0. The summed E-state index contributed by atoms with van der Waals surface area (Å²) in [6.07, 6.45) is 1.45. The number of amides is 1. The molecule has 0 atom stereocenters. The molecule has 1 amide bonds. The largest absolute Gasteiger partial charge is 0.488 e. The predicted molar refractivity (Wildman–Crippen MR) is 111 cm³/mol. The van der Waals surface area contributed by atoms with Crippen LogP contribution in [0.4, 0.5) is 10.1 Å². The number of benzene rings is 3. The van der Waals surface area contributed by atoms with Gasteiger partial charge in [-0.25, -0.2) is 4.39 Å². The first-order valence-corrected chi connectivity index (χ1v) is 9.09. The highest BCUT2D eigenvalue weighted by Gasteiger charge is 2.05. The normalized spacial score (nSPS) is 10.7. The van der Waals surface area contributed by atoms with E-state index in [2.05, 4.69) is 10.5 Å². The second-order valence-electron chi connectivity index (χ2n) is 6.34. The number of carbonyl (C=O) groups excluding carboxylic acids is 1. The van der Waals surface area contributed by atoms with Crippen molar-refractivity contribution in [3.63, 3.8) is 0 Å². The van der Waals surface area contributed by atoms with Gasteiger partial charge in [0.05, 0.1) is 6.21 Å². The maximum absolute atomic E-state index is 13.7. The van der Waals surface area contributed by atoms with Crippen LogP contribution in [0.15, 0.2) is 78.0 Å². The number of nitrogens with zero attached hydrogens (tertiary/aromatic N) is 1. The molecule has 1 N–H and O–H groups in total. The van der Waals surface area contributed by atoms with Crippen LogP contribution in [0.25, 0.3) is 0 Å². The molecule has 0 saturated heterocycles. The number of aryl methyl sites for hydroxylation is 1. The number of hydrogen-bond acceptors (Lipinski definition) is 4. The molecular formula is C23H21FN2O3. The van der Waals surface area contributed by atoms with Gasteiger partial charge >= 0.3 is 0 Å². The van der Waals surface area contributed by atoms with Crippen LogP contribution >= 0.6 is 0 Å². The van der Waals surface area contributed by atoms with Gasteiger partial charge < -0.3 is 14.9 Å². The molecular weight excluding hydrogens is 371 g/mol. The van der Waals surface area contributed by atoms with E-state index in [9.17, 15) is 9.18 Å². The van der Waals surface area contributed by atoms with Crippen LogP contribution in [-0.2, 0) is 16.2 Å². The van der Waals surface area contributed by atoms with Gasteiger partial charge in [0.1, 0.15) is 18.2 Å². The van der Waals surface area contributed by atoms with Gasteiger partial charge in [0.15, 0.2) is 6.61 Å². The fraction of sp³-hybridized carbons (Fsp3) is 0.130. The van der Waals surface area contributed by atoms with E-state index in [0.717, 1.165) is 5.56 Å². The fourth-order valence-corrected chi connectivity index (χ4v) is 2.51. The Bertz CT molecular complexity index is 987. The molecule has 148 valence electrons. The molecule has 0 aliphatic carbocycles. The summed E-state index contributed by atoms with van der Waals surface area (Å²) in [6, 6.07) is 21.1. The third-order valence-corrected chi connectivity index (χ3v) is 4.06. The van der Waals surface area contributed by atoms with Gasteiger partial charge in [-0.2, -0.15) is 0 Å². The molecule has 0 aliphatic rings. The summed E-state index contributed by atoms with van der Waals surface area (Å²) in [7, 11) is 0. The number of rotatable bonds is 8. The standard InChI is InChI=1S/C23H21FN2O3/c1-17-10-12-20(13-11-17)26-23(27)16-29-25-14-18-6-3-5-9-22(18)28-15-19-7-2-4-8-21(19)24/h2-14H,15-16H2,1H3,(H,26,27)/b25-14+. The van der Waals surface area contributed by atoms with Crippen molar-refractivity contribution in [3.05, 3.63) is 95.3 Å². The first-order chi connectivity index (χ1) is 14.1. The van der Waals surface area contributed by atoms with Crippen LogP contribution in [0.5, 0.6) is 5.75 Å². The van der Waals surface area contributed by atoms with E-state index in [0.29, 0.717) is 22.6 Å². The van der Waals surface area contributed by atoms with Crippen LogP contribution in [0.1, 0.15) is 16.7 Å². The van der Waals surface area contributed by atoms with Gasteiger partial charge in [0.25, 0.3) is 5.91 Å². The first kappa shape index (κ1) is 20.1. The Kier molecular flexibility index (Phi) is 6.95. The van der Waals surface area contributed by atoms with Crippen molar-refractivity contribution in [1.29, 1.82) is 0 Å². The Morgan fingerprint density at radius 2 is 1.76 bits per heavy atom. The number of ether oxygens (including phenoxy) is 1. The molecule has 5 nitrogen and oxygen atoms in total. The predicted octanol–water partition coefficient (Wildman–Crippen LogP) is 4.70. The number of anilines is 1. The molecule has 0 aliphatic heterocycles. The fourth-order valence-electron chi connectivity index (χ4n) is 2.51. The molecule has 0 fully saturated rings. The van der Waals surface area contributed by atoms with Crippen molar-refractivity contribution in [2.24, 2.45) is 5.16 Å². The lowest BCUT2D eigenvalue weighted by atomic mass is 10.2. The third kappa shape index (κ3) is 6.17. The lowest BCUT2D eigenvalue weighted by Gasteiger charge is -2.09. The van der Waals surface area contributed by atoms with Crippen LogP contribution in [-0.4, -0.2) is 18.7 Å². The number of hydrogen-bond donors (Lipinski definition) is 1. The summed E-state index contributed by atoms with van der Waals surface area (Å²) in [5, 5.41) is 6.56. The average molecular weight is 392 g/mol. The molecule has 0 saturated carbocycles. The molecule has 0 heterocycles. The van der Waals surface area contributed by atoms with E-state index < -0.39 is 0 Å². The highest BCUT2D eigenvalue weighted by atomic mass is 19.1. The van der Waals surface area contributed by atoms with E-state index in [1.54, 1.807) is 30.3 Å². The van der Waals surface area contributed by atoms with E-state index in [1.165, 1.54) is 12.3 Å². The van der Waals surface area contributed by atoms with Gasteiger partial charge in [0, 0.05) is 16.8 Å². The summed E-state index contributed by atoms with van der Waals surface area (Å²) in [5.41, 5.74) is 2.92. The summed E-state index contributed by atoms with van der Waals surface area (Å²) in [6.45, 7) is 1.85. The minimum atomic E-state index is -0.318. The van der Waals surface area contributed by atoms with Crippen LogP contribution < -0.4 is 10.1 Å². The summed E-state index contributed by atoms with van der Waals surface area (Å²) in [4.78, 5) is 17.0. The highest BCUT2D eigenvalue weighted by Crippen LogP contribution is 2.18. The van der Waals surface area contributed by atoms with Gasteiger partial charge in [-0.15, -0.1) is 0 Å². The molecule has 0 spiro atoms. The topological polar surface area (TPSA) is 59.9 Å². The third-order valence-electron chi connectivity index (χ3n) is 4.06. The first-order valence-electron chi connectivity index (χ1n) is 9.09. The number of oxime groups is 1. The zero-order valence-corrected chi connectivity index (χ0v) is 16.0. The lowest BCUT2D eigenvalue weighted by Crippen LogP contribution is -2.16. The van der Waals surface area contributed by atoms with Crippen molar-refractivity contribution < 1.29 is 18.8 Å². The molecule has 3 aromatic carbocycles. The molecule has 0 bridgehead atoms. The van der Waals surface area contributed by atoms with Crippen molar-refractivity contribution in [2.45, 2.75) is 13.5 Å². The quantitative estimate of drug-likeness (QED) is 0.446. The molecule has 0 aromatic heterocycles. The molecule has 3 aromatic rings. The number of carbonyl (C=O) groups is 1. The molecule has 6 heteroatoms. The average Bonchev–Trinajstić information content (AvgIpc) is 2.73. The summed E-state index contributed by atoms with van der Waals surface area (Å²) in [5.74, 6) is -0.0936. The summed E-state index contributed by atoms with van der Waals surface area (Å²) >= 11 is 0. The van der Waals surface area contributed by atoms with Crippen LogP contribution in [0.2, 0.25) is 0 Å². The Balaban J connectivity index is 1.52. The molecule has 0 unspecified atom stereocenters. The van der Waals surface area contributed by atoms with Crippen molar-refractivity contribution in [1.82, 2.24) is 0 Å². The molecule has 3 rings (SSSR count). The van der Waals surface area contributed by atoms with Gasteiger partial charge in [-0.05, 0) is 37.3 Å². The SMILES string of the molecule is Cc1ccc(NC(=O)CO/N=C/c2ccccc2OCc2ccccc2F)cc1. The van der Waals surface area contributed by atoms with Crippen molar-refractivity contribution in [2.75, 3.05) is 11.9 Å². The smallest absolute Gasteiger partial charge is 0.265 e. The van der Waals surface area contributed by atoms with Crippen molar-refractivity contribution in [3.8, 4) is 5.75 Å². The van der Waals surface area contributed by atoms with Crippen LogP contribution in [0, 0.1) is 12.7 Å². The Hall–Kier alpha value is -3.67. The number of para-hydroxylation sites is 1. The monoisotopic (exact) mass is 392 g/mol. The van der Waals surface area contributed by atoms with Gasteiger partial charge in [-0.3, -0.25) is 4.79 Å². The van der Waals surface area contributed by atoms with Crippen LogP contribution in [0.3, 0.4) is 0 Å². The van der Waals surface area contributed by atoms with Gasteiger partial charge in [0.2, 0.25) is 0 Å². The Labute approximate surface area is 168 Å². The maximum Gasteiger partial charge on any atom is 0.265 e. The van der Waals surface area contributed by atoms with E-state index >= 15 is 0 Å². The molecule has 29 heavy (non-hydrogen) atoms. The second-order valence-corrected chi connectivity index (χ2v) is 6.34. The van der Waals surface area contributed by atoms with Gasteiger partial charge in [-0.1, -0.05) is 53.2 Å². The zero-order chi connectivity index (χ0) is 20.5. The minimum absolute atomic E-state index is 0.0946. The minimum Gasteiger partial charge on any atom is -0.488 e. The van der Waals surface area contributed by atoms with E-state index in [4.69, 9.17) is 9.57 Å². The van der Waals surface area contributed by atoms with E-state index in [1.807, 2.05) is 43.3 Å². The number of halogens is 1. The Morgan fingerprint density at radius 1 is 1.03 bits per heavy atom. The Morgan fingerprint density at radius 3 is 2.55 bits per heavy atom. The molecule has 0 radical (unpaired) electrons.